The smallest absolute Gasteiger partial charge is 0.0192 e. The first kappa shape index (κ1) is 13.0. The molecule has 15 heavy (non-hydrogen) atoms. The van der Waals surface area contributed by atoms with Crippen molar-refractivity contribution in [2.45, 2.75) is 52.5 Å². The van der Waals surface area contributed by atoms with Crippen molar-refractivity contribution < 1.29 is 0 Å². The average molecular weight is 212 g/mol. The molecule has 1 fully saturated rings. The molecule has 0 spiro atoms. The highest BCUT2D eigenvalue weighted by Gasteiger charge is 2.22. The van der Waals surface area contributed by atoms with Gasteiger partial charge in [-0.2, -0.15) is 0 Å². The molecule has 0 aliphatic heterocycles. The van der Waals surface area contributed by atoms with Gasteiger partial charge in [-0.15, -0.1) is 0 Å². The number of hydrogen-bond donors (Lipinski definition) is 1. The van der Waals surface area contributed by atoms with Gasteiger partial charge in [0.2, 0.25) is 0 Å². The van der Waals surface area contributed by atoms with Crippen LogP contribution in [0.25, 0.3) is 0 Å². The van der Waals surface area contributed by atoms with E-state index in [1.807, 2.05) is 0 Å². The van der Waals surface area contributed by atoms with E-state index in [1.54, 1.807) is 0 Å². The molecule has 1 rings (SSSR count). The molecule has 1 saturated carbocycles. The predicted octanol–water partition coefficient (Wildman–Crippen LogP) is 2.50. The first-order valence-corrected chi connectivity index (χ1v) is 6.72. The van der Waals surface area contributed by atoms with Gasteiger partial charge in [-0.25, -0.2) is 0 Å². The van der Waals surface area contributed by atoms with Crippen molar-refractivity contribution >= 4 is 0 Å². The van der Waals surface area contributed by atoms with E-state index in [1.165, 1.54) is 38.8 Å². The summed E-state index contributed by atoms with van der Waals surface area (Å²) < 4.78 is 0. The zero-order chi connectivity index (χ0) is 11.1. The first-order chi connectivity index (χ1) is 7.27. The summed E-state index contributed by atoms with van der Waals surface area (Å²) in [5.41, 5.74) is 0. The van der Waals surface area contributed by atoms with E-state index in [0.29, 0.717) is 6.04 Å². The lowest BCUT2D eigenvalue weighted by atomic mass is 9.85. The van der Waals surface area contributed by atoms with E-state index in [2.05, 4.69) is 31.0 Å². The molecule has 2 heteroatoms. The van der Waals surface area contributed by atoms with Gasteiger partial charge in [0.1, 0.15) is 0 Å². The molecule has 1 atom stereocenters. The highest BCUT2D eigenvalue weighted by molar-refractivity contribution is 4.77. The summed E-state index contributed by atoms with van der Waals surface area (Å²) in [6.45, 7) is 11.7. The number of hydrogen-bond acceptors (Lipinski definition) is 2. The van der Waals surface area contributed by atoms with Crippen molar-refractivity contribution in [3.63, 3.8) is 0 Å². The lowest BCUT2D eigenvalue weighted by molar-refractivity contribution is 0.144. The van der Waals surface area contributed by atoms with Gasteiger partial charge < -0.3 is 5.32 Å². The van der Waals surface area contributed by atoms with Gasteiger partial charge in [0.05, 0.1) is 0 Å². The van der Waals surface area contributed by atoms with E-state index in [4.69, 9.17) is 0 Å². The fourth-order valence-corrected chi connectivity index (χ4v) is 2.24. The van der Waals surface area contributed by atoms with Crippen LogP contribution in [-0.2, 0) is 0 Å². The second kappa shape index (κ2) is 7.24. The zero-order valence-corrected chi connectivity index (χ0v) is 10.8. The lowest BCUT2D eigenvalue weighted by Gasteiger charge is -2.35. The summed E-state index contributed by atoms with van der Waals surface area (Å²) in [6.07, 6.45) is 5.63. The van der Waals surface area contributed by atoms with Crippen molar-refractivity contribution in [1.29, 1.82) is 0 Å². The minimum atomic E-state index is 0.696. The average Bonchev–Trinajstić information content (AvgIpc) is 2.16. The van der Waals surface area contributed by atoms with Crippen LogP contribution in [0, 0.1) is 5.92 Å². The maximum absolute atomic E-state index is 3.52. The largest absolute Gasteiger partial charge is 0.315 e. The molecule has 1 unspecified atom stereocenters. The Morgan fingerprint density at radius 3 is 2.53 bits per heavy atom. The van der Waals surface area contributed by atoms with Gasteiger partial charge in [-0.1, -0.05) is 20.3 Å². The summed E-state index contributed by atoms with van der Waals surface area (Å²) in [4.78, 5) is 2.63. The zero-order valence-electron chi connectivity index (χ0n) is 10.8. The maximum atomic E-state index is 3.52. The quantitative estimate of drug-likeness (QED) is 0.622. The first-order valence-electron chi connectivity index (χ1n) is 6.72. The molecule has 1 N–H and O–H groups in total. The number of nitrogens with one attached hydrogen (secondary N) is 1. The summed E-state index contributed by atoms with van der Waals surface area (Å²) in [7, 11) is 0. The van der Waals surface area contributed by atoms with Gasteiger partial charge in [0.25, 0.3) is 0 Å². The second-order valence-electron chi connectivity index (χ2n) is 4.94. The van der Waals surface area contributed by atoms with Crippen molar-refractivity contribution in [3.05, 3.63) is 0 Å². The van der Waals surface area contributed by atoms with Gasteiger partial charge in [0, 0.05) is 19.1 Å². The monoisotopic (exact) mass is 212 g/mol. The SMILES string of the molecule is CCCNCC(C)N(CC)CC1CCC1. The van der Waals surface area contributed by atoms with Crippen molar-refractivity contribution in [1.82, 2.24) is 10.2 Å². The van der Waals surface area contributed by atoms with Crippen molar-refractivity contribution in [2.24, 2.45) is 5.92 Å². The van der Waals surface area contributed by atoms with Crippen LogP contribution in [0.2, 0.25) is 0 Å². The Balaban J connectivity index is 2.16. The van der Waals surface area contributed by atoms with Crippen LogP contribution in [0.3, 0.4) is 0 Å². The third kappa shape index (κ3) is 4.52. The van der Waals surface area contributed by atoms with Crippen LogP contribution in [-0.4, -0.2) is 37.1 Å². The van der Waals surface area contributed by atoms with Gasteiger partial charge in [0.15, 0.2) is 0 Å². The summed E-state index contributed by atoms with van der Waals surface area (Å²) in [5, 5.41) is 3.52. The van der Waals surface area contributed by atoms with Crippen LogP contribution in [0.15, 0.2) is 0 Å². The predicted molar refractivity (Wildman–Crippen MR) is 67.2 cm³/mol. The maximum Gasteiger partial charge on any atom is 0.0192 e. The van der Waals surface area contributed by atoms with Crippen molar-refractivity contribution in [2.75, 3.05) is 26.2 Å². The Labute approximate surface area is 95.4 Å². The Hall–Kier alpha value is -0.0800. The second-order valence-corrected chi connectivity index (χ2v) is 4.94. The molecular weight excluding hydrogens is 184 g/mol. The normalized spacial score (nSPS) is 19.2. The highest BCUT2D eigenvalue weighted by atomic mass is 15.2. The number of likely N-dealkylation sites (N-methyl/N-ethyl adjacent to an activating group) is 1. The molecule has 90 valence electrons. The molecule has 0 heterocycles. The molecule has 0 radical (unpaired) electrons. The van der Waals surface area contributed by atoms with E-state index < -0.39 is 0 Å². The van der Waals surface area contributed by atoms with Gasteiger partial charge >= 0.3 is 0 Å². The van der Waals surface area contributed by atoms with E-state index in [-0.39, 0.29) is 0 Å². The Kier molecular flexibility index (Phi) is 6.26. The minimum Gasteiger partial charge on any atom is -0.315 e. The number of rotatable bonds is 8. The Bertz CT molecular complexity index is 155. The fraction of sp³-hybridized carbons (Fsp3) is 1.00. The lowest BCUT2D eigenvalue weighted by Crippen LogP contribution is -2.43. The molecule has 2 nitrogen and oxygen atoms in total. The molecule has 1 aliphatic carbocycles. The number of nitrogens with zero attached hydrogens (tertiary/aromatic N) is 1. The summed E-state index contributed by atoms with van der Waals surface area (Å²) >= 11 is 0. The van der Waals surface area contributed by atoms with Crippen LogP contribution in [0.4, 0.5) is 0 Å². The van der Waals surface area contributed by atoms with Gasteiger partial charge in [-0.3, -0.25) is 4.90 Å². The highest BCUT2D eigenvalue weighted by Crippen LogP contribution is 2.27. The summed E-state index contributed by atoms with van der Waals surface area (Å²) in [5.74, 6) is 0.999. The fourth-order valence-electron chi connectivity index (χ4n) is 2.24. The van der Waals surface area contributed by atoms with Crippen LogP contribution < -0.4 is 5.32 Å². The van der Waals surface area contributed by atoms with Gasteiger partial charge in [-0.05, 0) is 45.2 Å². The third-order valence-electron chi connectivity index (χ3n) is 3.61. The molecule has 0 aromatic carbocycles. The van der Waals surface area contributed by atoms with Crippen LogP contribution in [0.1, 0.15) is 46.5 Å². The molecular formula is C13H28N2. The molecule has 1 aliphatic rings. The van der Waals surface area contributed by atoms with Crippen molar-refractivity contribution in [3.8, 4) is 0 Å². The molecule has 0 amide bonds. The molecule has 0 bridgehead atoms. The minimum absolute atomic E-state index is 0.696. The topological polar surface area (TPSA) is 15.3 Å². The molecule has 0 saturated heterocycles. The third-order valence-corrected chi connectivity index (χ3v) is 3.61. The summed E-state index contributed by atoms with van der Waals surface area (Å²) in [6, 6.07) is 0.696. The standard InChI is InChI=1S/C13H28N2/c1-4-9-14-10-12(3)15(5-2)11-13-7-6-8-13/h12-14H,4-11H2,1-3H3. The van der Waals surface area contributed by atoms with Crippen LogP contribution >= 0.6 is 0 Å². The molecule has 0 aromatic heterocycles. The Morgan fingerprint density at radius 1 is 1.33 bits per heavy atom. The molecule has 0 aromatic rings. The van der Waals surface area contributed by atoms with E-state index >= 15 is 0 Å². The van der Waals surface area contributed by atoms with E-state index in [9.17, 15) is 0 Å². The van der Waals surface area contributed by atoms with Crippen LogP contribution in [0.5, 0.6) is 0 Å². The van der Waals surface area contributed by atoms with E-state index in [0.717, 1.165) is 19.0 Å². The Morgan fingerprint density at radius 2 is 2.07 bits per heavy atom.